The molecule has 8 amide bonds. The second kappa shape index (κ2) is 38.7. The van der Waals surface area contributed by atoms with Gasteiger partial charge in [-0.2, -0.15) is 0 Å². The van der Waals surface area contributed by atoms with Gasteiger partial charge in [-0.05, 0) is 210 Å². The summed E-state index contributed by atoms with van der Waals surface area (Å²) in [5, 5.41) is 0. The van der Waals surface area contributed by atoms with Crippen molar-refractivity contribution in [1.82, 2.24) is 0 Å². The average Bonchev–Trinajstić information content (AvgIpc) is 0.706. The molecule has 7 fully saturated rings. The normalized spacial score (nSPS) is 17.4. The third kappa shape index (κ3) is 19.9. The third-order valence-electron chi connectivity index (χ3n) is 20.3. The van der Waals surface area contributed by atoms with Crippen LogP contribution in [0.2, 0.25) is 0 Å². The number of carbonyl (C=O) groups excluding carboxylic acids is 14. The molecule has 7 aromatic rings. The van der Waals surface area contributed by atoms with E-state index in [0.29, 0.717) is 34.4 Å². The van der Waals surface area contributed by atoms with E-state index in [9.17, 15) is 67.1 Å². The molecule has 2 atom stereocenters. The second-order valence-corrected chi connectivity index (χ2v) is 33.1. The van der Waals surface area contributed by atoms with E-state index in [1.807, 2.05) is 56.3 Å². The van der Waals surface area contributed by atoms with Crippen LogP contribution in [0.1, 0.15) is 190 Å². The molecule has 15 rings (SSSR count). The fourth-order valence-electron chi connectivity index (χ4n) is 13.3. The zero-order chi connectivity index (χ0) is 86.7. The Bertz CT molecular complexity index is 5110. The van der Waals surface area contributed by atoms with Crippen molar-refractivity contribution in [2.24, 2.45) is 22.7 Å². The van der Waals surface area contributed by atoms with Gasteiger partial charge < -0.3 is 23.7 Å². The summed E-state index contributed by atoms with van der Waals surface area (Å²) in [7, 11) is 0. The minimum absolute atomic E-state index is 0. The van der Waals surface area contributed by atoms with Crippen LogP contribution in [0.25, 0.3) is 22.3 Å². The van der Waals surface area contributed by atoms with Crippen LogP contribution in [0.15, 0.2) is 164 Å². The van der Waals surface area contributed by atoms with Crippen LogP contribution in [-0.2, 0) is 122 Å². The maximum Gasteiger partial charge on any atom is 0.357 e. The molecule has 0 saturated carbocycles. The Balaban J connectivity index is 0.000000420. The molecule has 26 heteroatoms. The molecule has 23 nitrogen and oxygen atoms in total. The number of carbonyl (C=O) groups is 14. The molecule has 1 aliphatic carbocycles. The smallest absolute Gasteiger partial charge is 0.357 e. The quantitative estimate of drug-likeness (QED) is 0.0234. The SMILES string of the molecule is C.C.C#Cc1ccc(C)c(C)c1.C/C=C\C.CC(C)(C)c1cc(-c2ccc(N3C(=O)CC3=O)cc2)cc(C(C)(C)C)c1Oc1ccc(N2C(=O)C3(C2=O)C(=O)N(c2ccc(-c4cc(C(C)(C)C)c(Oc5ccc(N6C(=O)CC6=O)cc5)c(C(C)(C)C)c4)cc2)C3=O)cc1.CC1C=CC(C)C1.II.O=C1CC(=O)O1.O=C1OC(=O)C12C(=O)OC2=O.[V]. The summed E-state index contributed by atoms with van der Waals surface area (Å²) < 4.78 is 24.9. The van der Waals surface area contributed by atoms with Gasteiger partial charge in [0.25, 0.3) is 29.0 Å². The summed E-state index contributed by atoms with van der Waals surface area (Å²) in [4.78, 5) is 169. The Morgan fingerprint density at radius 1 is 0.400 bits per heavy atom. The van der Waals surface area contributed by atoms with Gasteiger partial charge in [0.15, 0.2) is 0 Å². The fraction of sp³-hybridized carbons (Fsp3) is 0.340. The van der Waals surface area contributed by atoms with E-state index in [0.717, 1.165) is 76.6 Å². The molecule has 7 aromatic carbocycles. The monoisotopic (exact) mass is 1890 g/mol. The Morgan fingerprint density at radius 2 is 0.683 bits per heavy atom. The second-order valence-electron chi connectivity index (χ2n) is 33.1. The minimum atomic E-state index is -2.45. The van der Waals surface area contributed by atoms with Gasteiger partial charge in [0.1, 0.15) is 42.3 Å². The van der Waals surface area contributed by atoms with Crippen LogP contribution in [0, 0.1) is 48.9 Å². The number of hydrogen-bond donors (Lipinski definition) is 0. The van der Waals surface area contributed by atoms with E-state index >= 15 is 0 Å². The summed E-state index contributed by atoms with van der Waals surface area (Å²) in [6, 6.07) is 41.7. The minimum Gasteiger partial charge on any atom is -0.457 e. The van der Waals surface area contributed by atoms with Crippen molar-refractivity contribution in [3.8, 4) is 57.6 Å². The van der Waals surface area contributed by atoms with E-state index < -0.39 is 81.1 Å². The maximum atomic E-state index is 13.9. The largest absolute Gasteiger partial charge is 0.457 e. The first-order chi connectivity index (χ1) is 54.8. The van der Waals surface area contributed by atoms with Crippen molar-refractivity contribution in [3.63, 3.8) is 0 Å². The molecule has 2 spiro atoms. The van der Waals surface area contributed by atoms with Crippen molar-refractivity contribution < 1.29 is 109 Å². The summed E-state index contributed by atoms with van der Waals surface area (Å²) in [6.45, 7) is 37.7. The summed E-state index contributed by atoms with van der Waals surface area (Å²) in [5.74, 6) is -3.39. The Labute approximate surface area is 736 Å². The number of rotatable bonds is 10. The third-order valence-corrected chi connectivity index (χ3v) is 20.3. The van der Waals surface area contributed by atoms with Gasteiger partial charge in [0.2, 0.25) is 23.6 Å². The molecule has 1 radical (unpaired) electrons. The molecule has 7 aliphatic heterocycles. The van der Waals surface area contributed by atoms with Gasteiger partial charge >= 0.3 is 41.2 Å². The Kier molecular flexibility index (Phi) is 31.6. The molecule has 0 aromatic heterocycles. The zero-order valence-electron chi connectivity index (χ0n) is 68.9. The van der Waals surface area contributed by atoms with E-state index in [1.54, 1.807) is 84.9 Å². The standard InChI is InChI=1S/C63H60N4O10.C10H10.C7H12.C5O6.C4H8.C3H2O3.2CH4.I2.V/c1-59(2,3)45-29-37(35-13-17-39(18-14-35)64-49(68)33-50(64)69)30-46(60(4,5)6)54(45)77-44-27-23-42(24-28-44)67-57(74)63(58(67)75)55(72)66(56(63)73)41-19-15-36(16-20-41)38-31-47(61(7,8)9)53(48(32-38)62(10,11)12)76-43-25-21-40(22-26-43)65-51(70)34-52(65)71;1-4-10-6-5-8(2)9(3)7-10;1-6-3-4-7(2)5-6;6-1-5(2(7)10-1)3(8)11-4(5)9;1-3-4-2;4-2-1-3(5)6-2;;;1-2;/h13-32H,33-34H2,1-12H3;1,5-7H,2-3H3;3-4,6-7H,5H2,1-2H3;;3-4H,1-2H3;1H2;2*1H4;;/b;;;;4-3-;;;;;. The molecule has 2 unspecified atom stereocenters. The molecule has 7 heterocycles. The first-order valence-corrected chi connectivity index (χ1v) is 44.0. The number of terminal acetylenes is 1. The van der Waals surface area contributed by atoms with Gasteiger partial charge in [-0.15, -0.1) is 6.42 Å². The number of cyclic esters (lactones) is 6. The number of aryl methyl sites for hydroxylation is 2. The number of anilines is 4. The number of benzene rings is 7. The number of esters is 6. The van der Waals surface area contributed by atoms with Gasteiger partial charge in [-0.3, -0.25) is 47.9 Å². The van der Waals surface area contributed by atoms with Gasteiger partial charge in [0, 0.05) is 83.6 Å². The number of ether oxygens (including phenoxy) is 5. The van der Waals surface area contributed by atoms with Gasteiger partial charge in [0.05, 0.1) is 22.7 Å². The molecular weight excluding hydrogens is 1790 g/mol. The van der Waals surface area contributed by atoms with Crippen molar-refractivity contribution in [2.75, 3.05) is 19.6 Å². The number of halogens is 2. The van der Waals surface area contributed by atoms with Crippen LogP contribution >= 0.6 is 37.2 Å². The van der Waals surface area contributed by atoms with E-state index in [2.05, 4.69) is 205 Å². The van der Waals surface area contributed by atoms with E-state index in [1.165, 1.54) is 22.4 Å². The van der Waals surface area contributed by atoms with Crippen LogP contribution in [-0.4, -0.2) is 83.1 Å². The molecule has 7 saturated heterocycles. The summed E-state index contributed by atoms with van der Waals surface area (Å²) in [6.07, 6.45) is 15.0. The Hall–Kier alpha value is -10.8. The predicted octanol–water partition coefficient (Wildman–Crippen LogP) is 18.5. The molecule has 0 bridgehead atoms. The molecular formula is C94H100I2N4O19V. The van der Waals surface area contributed by atoms with Crippen molar-refractivity contribution >= 4 is 143 Å². The number of hydrogen-bond acceptors (Lipinski definition) is 19. The molecule has 120 heavy (non-hydrogen) atoms. The van der Waals surface area contributed by atoms with Gasteiger partial charge in [-0.1, -0.05) is 172 Å². The number of β-lactam (4-membered cyclic amide) rings is 8. The average molecular weight is 1890 g/mol. The Morgan fingerprint density at radius 3 is 0.892 bits per heavy atom. The van der Waals surface area contributed by atoms with Crippen LogP contribution < -0.4 is 29.1 Å². The summed E-state index contributed by atoms with van der Waals surface area (Å²) >= 11 is 4.24. The van der Waals surface area contributed by atoms with Crippen molar-refractivity contribution in [2.45, 2.75) is 187 Å². The van der Waals surface area contributed by atoms with Crippen molar-refractivity contribution in [1.29, 1.82) is 0 Å². The number of allylic oxidation sites excluding steroid dienone is 4. The van der Waals surface area contributed by atoms with Crippen LogP contribution in [0.3, 0.4) is 0 Å². The zero-order valence-corrected chi connectivity index (χ0v) is 74.6. The fourth-order valence-corrected chi connectivity index (χ4v) is 13.3. The molecule has 8 aliphatic rings. The van der Waals surface area contributed by atoms with Crippen molar-refractivity contribution in [3.05, 3.63) is 203 Å². The topological polar surface area (TPSA) is 298 Å². The van der Waals surface area contributed by atoms with Gasteiger partial charge in [-0.25, -0.2) is 38.8 Å². The molecule has 0 N–H and O–H groups in total. The van der Waals surface area contributed by atoms with E-state index in [4.69, 9.17) is 15.9 Å². The number of amides is 8. The number of imide groups is 4. The molecule has 629 valence electrons. The maximum absolute atomic E-state index is 13.9. The summed E-state index contributed by atoms with van der Waals surface area (Å²) in [5.41, 5.74) is 5.86. The first kappa shape index (κ1) is 98.0. The van der Waals surface area contributed by atoms with Crippen LogP contribution in [0.4, 0.5) is 22.7 Å². The first-order valence-electron chi connectivity index (χ1n) is 37.7. The predicted molar refractivity (Wildman–Crippen MR) is 472 cm³/mol. The van der Waals surface area contributed by atoms with Crippen LogP contribution in [0.5, 0.6) is 23.0 Å². The van der Waals surface area contributed by atoms with E-state index in [-0.39, 0.29) is 98.5 Å². The number of nitrogens with zero attached hydrogens (tertiary/aromatic N) is 4.